The van der Waals surface area contributed by atoms with E-state index in [1.807, 2.05) is 37.3 Å². The second-order valence-corrected chi connectivity index (χ2v) is 8.85. The van der Waals surface area contributed by atoms with Gasteiger partial charge >= 0.3 is 0 Å². The zero-order valence-electron chi connectivity index (χ0n) is 18.6. The molecule has 0 saturated heterocycles. The second-order valence-electron chi connectivity index (χ2n) is 8.85. The summed E-state index contributed by atoms with van der Waals surface area (Å²) < 4.78 is 0. The van der Waals surface area contributed by atoms with Crippen molar-refractivity contribution in [1.29, 1.82) is 0 Å². The number of benzene rings is 2. The molecular formula is C26H32N4O2. The summed E-state index contributed by atoms with van der Waals surface area (Å²) in [4.78, 5) is 21.4. The molecule has 2 aromatic carbocycles. The molecule has 1 saturated carbocycles. The molecule has 168 valence electrons. The van der Waals surface area contributed by atoms with E-state index in [0.29, 0.717) is 18.9 Å². The van der Waals surface area contributed by atoms with Crippen LogP contribution in [0.4, 0.5) is 0 Å². The lowest BCUT2D eigenvalue weighted by Gasteiger charge is -2.28. The normalized spacial score (nSPS) is 19.4. The van der Waals surface area contributed by atoms with E-state index in [9.17, 15) is 9.90 Å². The third-order valence-corrected chi connectivity index (χ3v) is 6.52. The molecule has 1 atom stereocenters. The number of hydrogen-bond donors (Lipinski definition) is 4. The predicted octanol–water partition coefficient (Wildman–Crippen LogP) is 4.26. The molecule has 0 aliphatic heterocycles. The maximum absolute atomic E-state index is 13.2. The first-order valence-corrected chi connectivity index (χ1v) is 11.4. The Morgan fingerprint density at radius 2 is 1.81 bits per heavy atom. The van der Waals surface area contributed by atoms with E-state index in [0.717, 1.165) is 54.0 Å². The van der Waals surface area contributed by atoms with E-state index in [1.165, 1.54) is 0 Å². The molecule has 0 unspecified atom stereocenters. The average molecular weight is 433 g/mol. The van der Waals surface area contributed by atoms with Gasteiger partial charge in [-0.2, -0.15) is 0 Å². The van der Waals surface area contributed by atoms with Crippen molar-refractivity contribution >= 4 is 5.91 Å². The molecule has 1 heterocycles. The van der Waals surface area contributed by atoms with Crippen molar-refractivity contribution in [2.24, 2.45) is 17.6 Å². The van der Waals surface area contributed by atoms with E-state index in [4.69, 9.17) is 10.7 Å². The van der Waals surface area contributed by atoms with Crippen molar-refractivity contribution in [2.45, 2.75) is 45.1 Å². The van der Waals surface area contributed by atoms with Crippen LogP contribution < -0.4 is 11.1 Å². The molecule has 6 heteroatoms. The molecule has 1 fully saturated rings. The Morgan fingerprint density at radius 1 is 1.12 bits per heavy atom. The molecule has 6 nitrogen and oxygen atoms in total. The van der Waals surface area contributed by atoms with E-state index in [1.54, 1.807) is 12.1 Å². The van der Waals surface area contributed by atoms with Crippen molar-refractivity contribution < 1.29 is 9.90 Å². The number of H-pyrrole nitrogens is 1. The third-order valence-electron chi connectivity index (χ3n) is 6.52. The van der Waals surface area contributed by atoms with Gasteiger partial charge < -0.3 is 21.1 Å². The van der Waals surface area contributed by atoms with E-state index in [2.05, 4.69) is 22.4 Å². The highest BCUT2D eigenvalue weighted by atomic mass is 16.3. The molecule has 1 aromatic heterocycles. The minimum absolute atomic E-state index is 0.0312. The van der Waals surface area contributed by atoms with Crippen molar-refractivity contribution in [2.75, 3.05) is 6.54 Å². The van der Waals surface area contributed by atoms with Gasteiger partial charge in [0.1, 0.15) is 11.6 Å². The number of nitrogens with one attached hydrogen (secondary N) is 2. The molecule has 1 aliphatic rings. The molecule has 0 bridgehead atoms. The van der Waals surface area contributed by atoms with E-state index in [-0.39, 0.29) is 23.6 Å². The lowest BCUT2D eigenvalue weighted by molar-refractivity contribution is -0.127. The molecule has 32 heavy (non-hydrogen) atoms. The largest absolute Gasteiger partial charge is 0.508 e. The van der Waals surface area contributed by atoms with Gasteiger partial charge in [0.25, 0.3) is 0 Å². The average Bonchev–Trinajstić information content (AvgIpc) is 3.21. The highest BCUT2D eigenvalue weighted by Crippen LogP contribution is 2.30. The number of aromatic nitrogens is 2. The number of rotatable bonds is 7. The van der Waals surface area contributed by atoms with Crippen LogP contribution in [0, 0.1) is 18.8 Å². The molecule has 3 aromatic rings. The number of aromatic amines is 1. The van der Waals surface area contributed by atoms with Gasteiger partial charge in [-0.3, -0.25) is 4.79 Å². The zero-order valence-corrected chi connectivity index (χ0v) is 18.6. The highest BCUT2D eigenvalue weighted by molar-refractivity contribution is 5.79. The molecule has 0 spiro atoms. The number of phenols is 1. The summed E-state index contributed by atoms with van der Waals surface area (Å²) in [6, 6.07) is 16.9. The summed E-state index contributed by atoms with van der Waals surface area (Å²) in [6.45, 7) is 2.69. The zero-order chi connectivity index (χ0) is 22.5. The number of nitrogens with two attached hydrogens (primary N) is 1. The summed E-state index contributed by atoms with van der Waals surface area (Å²) in [7, 11) is 0. The second kappa shape index (κ2) is 10.0. The lowest BCUT2D eigenvalue weighted by Crippen LogP contribution is -2.37. The topological polar surface area (TPSA) is 104 Å². The fourth-order valence-electron chi connectivity index (χ4n) is 4.56. The van der Waals surface area contributed by atoms with Crippen LogP contribution in [0.15, 0.2) is 54.6 Å². The number of aryl methyl sites for hydroxylation is 1. The number of nitrogens with zero attached hydrogens (tertiary/aromatic N) is 1. The highest BCUT2D eigenvalue weighted by Gasteiger charge is 2.28. The smallest absolute Gasteiger partial charge is 0.223 e. The Kier molecular flexibility index (Phi) is 6.90. The van der Waals surface area contributed by atoms with Crippen LogP contribution in [-0.2, 0) is 11.2 Å². The summed E-state index contributed by atoms with van der Waals surface area (Å²) in [5.74, 6) is 1.64. The third kappa shape index (κ3) is 5.19. The number of carbonyl (C=O) groups excluding carboxylic acids is 1. The Labute approximate surface area is 189 Å². The quantitative estimate of drug-likeness (QED) is 0.448. The van der Waals surface area contributed by atoms with Crippen LogP contribution in [0.5, 0.6) is 5.75 Å². The number of phenolic OH excluding ortho intramolecular Hbond substituents is 1. The Hall–Kier alpha value is -3.12. The van der Waals surface area contributed by atoms with E-state index < -0.39 is 0 Å². The number of carbonyl (C=O) groups is 1. The van der Waals surface area contributed by atoms with Gasteiger partial charge in [-0.25, -0.2) is 4.98 Å². The Bertz CT molecular complexity index is 1020. The standard InChI is InChI=1S/C26H32N4O2/c1-17-24(20-11-13-22(31)14-12-20)30-25(28-17)23(15-18-5-3-2-4-6-18)29-26(32)21-9-7-19(16-27)8-10-21/h2-6,11-14,19,21,23,31H,7-10,15-16,27H2,1H3,(H,28,30)(H,29,32)/t19-,21-,23-/m0/s1. The van der Waals surface area contributed by atoms with Gasteiger partial charge in [-0.05, 0) is 81.3 Å². The van der Waals surface area contributed by atoms with Gasteiger partial charge in [0.2, 0.25) is 5.91 Å². The van der Waals surface area contributed by atoms with Gasteiger partial charge in [-0.1, -0.05) is 30.3 Å². The number of hydrogen-bond acceptors (Lipinski definition) is 4. The molecule has 0 radical (unpaired) electrons. The Morgan fingerprint density at radius 3 is 2.47 bits per heavy atom. The molecule has 1 aliphatic carbocycles. The van der Waals surface area contributed by atoms with Crippen LogP contribution in [0.1, 0.15) is 48.8 Å². The molecule has 4 rings (SSSR count). The summed E-state index contributed by atoms with van der Waals surface area (Å²) in [5.41, 5.74) is 9.64. The van der Waals surface area contributed by atoms with Crippen LogP contribution in [0.25, 0.3) is 11.3 Å². The first-order chi connectivity index (χ1) is 15.5. The predicted molar refractivity (Wildman–Crippen MR) is 126 cm³/mol. The molecule has 1 amide bonds. The SMILES string of the molecule is Cc1[nH]c([C@H](Cc2ccccc2)NC(=O)[C@H]2CC[C@H](CN)CC2)nc1-c1ccc(O)cc1. The number of aromatic hydroxyl groups is 1. The van der Waals surface area contributed by atoms with Gasteiger partial charge in [0.15, 0.2) is 0 Å². The number of imidazole rings is 1. The van der Waals surface area contributed by atoms with Crippen LogP contribution in [0.2, 0.25) is 0 Å². The first kappa shape index (κ1) is 22.1. The molecule has 5 N–H and O–H groups in total. The van der Waals surface area contributed by atoms with Gasteiger partial charge in [0, 0.05) is 17.2 Å². The van der Waals surface area contributed by atoms with Crippen LogP contribution >= 0.6 is 0 Å². The van der Waals surface area contributed by atoms with Gasteiger partial charge in [-0.15, -0.1) is 0 Å². The van der Waals surface area contributed by atoms with Crippen LogP contribution in [0.3, 0.4) is 0 Å². The van der Waals surface area contributed by atoms with E-state index >= 15 is 0 Å². The fourth-order valence-corrected chi connectivity index (χ4v) is 4.56. The maximum atomic E-state index is 13.2. The minimum atomic E-state index is -0.248. The molecular weight excluding hydrogens is 400 g/mol. The van der Waals surface area contributed by atoms with Crippen molar-refractivity contribution in [1.82, 2.24) is 15.3 Å². The van der Waals surface area contributed by atoms with Crippen molar-refractivity contribution in [3.63, 3.8) is 0 Å². The van der Waals surface area contributed by atoms with Crippen LogP contribution in [-0.4, -0.2) is 27.5 Å². The first-order valence-electron chi connectivity index (χ1n) is 11.4. The Balaban J connectivity index is 1.56. The maximum Gasteiger partial charge on any atom is 0.223 e. The van der Waals surface area contributed by atoms with Crippen molar-refractivity contribution in [3.8, 4) is 17.0 Å². The minimum Gasteiger partial charge on any atom is -0.508 e. The number of amides is 1. The van der Waals surface area contributed by atoms with Crippen molar-refractivity contribution in [3.05, 3.63) is 71.7 Å². The summed E-state index contributed by atoms with van der Waals surface area (Å²) >= 11 is 0. The van der Waals surface area contributed by atoms with Gasteiger partial charge in [0.05, 0.1) is 11.7 Å². The fraction of sp³-hybridized carbons (Fsp3) is 0.385. The lowest BCUT2D eigenvalue weighted by atomic mass is 9.81. The monoisotopic (exact) mass is 432 g/mol. The summed E-state index contributed by atoms with van der Waals surface area (Å²) in [6.07, 6.45) is 4.47. The summed E-state index contributed by atoms with van der Waals surface area (Å²) in [5, 5.41) is 12.9.